The average Bonchev–Trinajstić information content (AvgIpc) is 2.88. The van der Waals surface area contributed by atoms with Crippen molar-refractivity contribution in [1.82, 2.24) is 4.57 Å². The van der Waals surface area contributed by atoms with Gasteiger partial charge in [-0.15, -0.1) is 0 Å². The zero-order chi connectivity index (χ0) is 17.1. The molecule has 4 heteroatoms. The third kappa shape index (κ3) is 3.11. The van der Waals surface area contributed by atoms with Gasteiger partial charge in [-0.3, -0.25) is 0 Å². The molecular formula is C20H20BrNO2. The smallest absolute Gasteiger partial charge is 0.340 e. The number of aryl methyl sites for hydroxylation is 1. The van der Waals surface area contributed by atoms with E-state index >= 15 is 0 Å². The van der Waals surface area contributed by atoms with Crippen molar-refractivity contribution in [1.29, 1.82) is 0 Å². The Hall–Kier alpha value is -2.07. The maximum Gasteiger partial charge on any atom is 0.340 e. The highest BCUT2D eigenvalue weighted by molar-refractivity contribution is 9.08. The molecule has 2 aromatic carbocycles. The van der Waals surface area contributed by atoms with Crippen LogP contribution in [0.25, 0.3) is 10.9 Å². The molecule has 0 fully saturated rings. The number of esters is 1. The second-order valence-electron chi connectivity index (χ2n) is 5.75. The monoisotopic (exact) mass is 385 g/mol. The highest BCUT2D eigenvalue weighted by Gasteiger charge is 2.21. The molecule has 3 nitrogen and oxygen atoms in total. The number of halogens is 1. The van der Waals surface area contributed by atoms with Crippen LogP contribution in [0.3, 0.4) is 0 Å². The van der Waals surface area contributed by atoms with E-state index in [-0.39, 0.29) is 5.97 Å². The molecule has 0 aliphatic carbocycles. The van der Waals surface area contributed by atoms with Crippen LogP contribution in [0.1, 0.15) is 34.1 Å². The number of nitrogens with zero attached hydrogens (tertiary/aromatic N) is 1. The molecule has 0 unspecified atom stereocenters. The van der Waals surface area contributed by atoms with Gasteiger partial charge in [-0.25, -0.2) is 4.79 Å². The molecule has 0 radical (unpaired) electrons. The Morgan fingerprint density at radius 3 is 2.54 bits per heavy atom. The summed E-state index contributed by atoms with van der Waals surface area (Å²) in [6.45, 7) is 2.21. The molecule has 0 atom stereocenters. The van der Waals surface area contributed by atoms with E-state index in [2.05, 4.69) is 56.9 Å². The van der Waals surface area contributed by atoms with Gasteiger partial charge in [-0.05, 0) is 30.5 Å². The van der Waals surface area contributed by atoms with E-state index in [0.29, 0.717) is 17.5 Å². The zero-order valence-corrected chi connectivity index (χ0v) is 15.5. The summed E-state index contributed by atoms with van der Waals surface area (Å²) < 4.78 is 7.32. The number of ether oxygens (including phenoxy) is 1. The number of carbonyl (C=O) groups is 1. The Morgan fingerprint density at radius 2 is 1.88 bits per heavy atom. The van der Waals surface area contributed by atoms with Gasteiger partial charge in [-0.1, -0.05) is 58.4 Å². The van der Waals surface area contributed by atoms with Gasteiger partial charge in [0.2, 0.25) is 0 Å². The minimum Gasteiger partial charge on any atom is -0.462 e. The second kappa shape index (κ2) is 7.22. The first kappa shape index (κ1) is 16.8. The number of benzene rings is 2. The Labute approximate surface area is 150 Å². The Kier molecular flexibility index (Phi) is 5.05. The number of carbonyl (C=O) groups excluding carboxylic acids is 1. The number of alkyl halides is 1. The van der Waals surface area contributed by atoms with Crippen LogP contribution in [0, 0.1) is 0 Å². The van der Waals surface area contributed by atoms with Crippen LogP contribution in [0.5, 0.6) is 0 Å². The maximum atomic E-state index is 12.4. The van der Waals surface area contributed by atoms with Crippen molar-refractivity contribution in [3.63, 3.8) is 0 Å². The van der Waals surface area contributed by atoms with Gasteiger partial charge < -0.3 is 9.30 Å². The molecule has 3 aromatic rings. The van der Waals surface area contributed by atoms with E-state index in [1.165, 1.54) is 11.1 Å². The van der Waals surface area contributed by atoms with E-state index in [4.69, 9.17) is 4.74 Å². The lowest BCUT2D eigenvalue weighted by Gasteiger charge is -2.04. The van der Waals surface area contributed by atoms with Crippen LogP contribution in [-0.4, -0.2) is 17.1 Å². The summed E-state index contributed by atoms with van der Waals surface area (Å²) in [5.41, 5.74) is 5.17. The first-order valence-electron chi connectivity index (χ1n) is 8.03. The number of hydrogen-bond donors (Lipinski definition) is 0. The predicted molar refractivity (Wildman–Crippen MR) is 101 cm³/mol. The van der Waals surface area contributed by atoms with Crippen molar-refractivity contribution >= 4 is 32.8 Å². The van der Waals surface area contributed by atoms with E-state index in [1.54, 1.807) is 0 Å². The fourth-order valence-corrected chi connectivity index (χ4v) is 3.72. The summed E-state index contributed by atoms with van der Waals surface area (Å²) in [5, 5.41) is 1.56. The van der Waals surface area contributed by atoms with Crippen LogP contribution >= 0.6 is 15.9 Å². The summed E-state index contributed by atoms with van der Waals surface area (Å²) in [4.78, 5) is 12.4. The number of fused-ring (bicyclic) bond motifs is 1. The average molecular weight is 386 g/mol. The minimum absolute atomic E-state index is 0.256. The van der Waals surface area contributed by atoms with Crippen molar-refractivity contribution in [2.45, 2.75) is 18.7 Å². The molecular weight excluding hydrogens is 366 g/mol. The highest BCUT2D eigenvalue weighted by atomic mass is 79.9. The summed E-state index contributed by atoms with van der Waals surface area (Å²) in [5.74, 6) is -0.256. The molecule has 1 aromatic heterocycles. The SMILES string of the molecule is CCOC(=O)c1c(CBr)n(C)c2cc(Cc3ccccc3)ccc12. The molecule has 124 valence electrons. The van der Waals surface area contributed by atoms with Crippen LogP contribution in [0.4, 0.5) is 0 Å². The summed E-state index contributed by atoms with van der Waals surface area (Å²) in [6, 6.07) is 16.7. The first-order chi connectivity index (χ1) is 11.7. The lowest BCUT2D eigenvalue weighted by molar-refractivity contribution is 0.0527. The van der Waals surface area contributed by atoms with Crippen molar-refractivity contribution in [3.8, 4) is 0 Å². The van der Waals surface area contributed by atoms with Gasteiger partial charge in [0, 0.05) is 29.0 Å². The Balaban J connectivity index is 2.07. The van der Waals surface area contributed by atoms with Gasteiger partial charge in [0.25, 0.3) is 0 Å². The largest absolute Gasteiger partial charge is 0.462 e. The minimum atomic E-state index is -0.256. The van der Waals surface area contributed by atoms with Crippen molar-refractivity contribution in [2.24, 2.45) is 7.05 Å². The summed E-state index contributed by atoms with van der Waals surface area (Å²) in [7, 11) is 1.99. The number of aromatic nitrogens is 1. The standard InChI is InChI=1S/C20H20BrNO2/c1-3-24-20(23)19-16-10-9-15(11-14-7-5-4-6-8-14)12-17(16)22(2)18(19)13-21/h4-10,12H,3,11,13H2,1-2H3. The maximum absolute atomic E-state index is 12.4. The molecule has 0 amide bonds. The number of hydrogen-bond acceptors (Lipinski definition) is 2. The van der Waals surface area contributed by atoms with Gasteiger partial charge >= 0.3 is 5.97 Å². The van der Waals surface area contributed by atoms with Crippen molar-refractivity contribution in [2.75, 3.05) is 6.61 Å². The van der Waals surface area contributed by atoms with Gasteiger partial charge in [-0.2, -0.15) is 0 Å². The van der Waals surface area contributed by atoms with Gasteiger partial charge in [0.05, 0.1) is 12.2 Å². The quantitative estimate of drug-likeness (QED) is 0.464. The third-order valence-electron chi connectivity index (χ3n) is 4.24. The third-order valence-corrected chi connectivity index (χ3v) is 4.77. The fraction of sp³-hybridized carbons (Fsp3) is 0.250. The summed E-state index contributed by atoms with van der Waals surface area (Å²) in [6.07, 6.45) is 0.875. The molecule has 0 saturated carbocycles. The lowest BCUT2D eigenvalue weighted by Crippen LogP contribution is -2.07. The van der Waals surface area contributed by atoms with Gasteiger partial charge in [0.1, 0.15) is 0 Å². The molecule has 0 N–H and O–H groups in total. The Morgan fingerprint density at radius 1 is 1.12 bits per heavy atom. The zero-order valence-electron chi connectivity index (χ0n) is 13.9. The highest BCUT2D eigenvalue weighted by Crippen LogP contribution is 2.29. The molecule has 0 saturated heterocycles. The molecule has 24 heavy (non-hydrogen) atoms. The first-order valence-corrected chi connectivity index (χ1v) is 9.15. The van der Waals surface area contributed by atoms with E-state index in [1.807, 2.05) is 26.1 Å². The Bertz CT molecular complexity index is 868. The van der Waals surface area contributed by atoms with E-state index < -0.39 is 0 Å². The molecule has 0 aliphatic heterocycles. The number of rotatable bonds is 5. The normalized spacial score (nSPS) is 11.0. The van der Waals surface area contributed by atoms with Crippen molar-refractivity contribution in [3.05, 3.63) is 70.9 Å². The van der Waals surface area contributed by atoms with Crippen LogP contribution in [0.2, 0.25) is 0 Å². The molecule has 3 rings (SSSR count). The molecule has 0 spiro atoms. The summed E-state index contributed by atoms with van der Waals surface area (Å²) >= 11 is 3.50. The van der Waals surface area contributed by atoms with Gasteiger partial charge in [0.15, 0.2) is 0 Å². The second-order valence-corrected chi connectivity index (χ2v) is 6.31. The fourth-order valence-electron chi connectivity index (χ4n) is 3.06. The van der Waals surface area contributed by atoms with Crippen LogP contribution < -0.4 is 0 Å². The van der Waals surface area contributed by atoms with E-state index in [9.17, 15) is 4.79 Å². The molecule has 0 aliphatic rings. The van der Waals surface area contributed by atoms with Crippen LogP contribution in [0.15, 0.2) is 48.5 Å². The van der Waals surface area contributed by atoms with Crippen molar-refractivity contribution < 1.29 is 9.53 Å². The lowest BCUT2D eigenvalue weighted by atomic mass is 10.0. The molecule has 0 bridgehead atoms. The predicted octanol–water partition coefficient (Wildman–Crippen LogP) is 4.84. The van der Waals surface area contributed by atoms with Crippen LogP contribution in [-0.2, 0) is 23.5 Å². The van der Waals surface area contributed by atoms with E-state index in [0.717, 1.165) is 23.0 Å². The molecule has 1 heterocycles. The topological polar surface area (TPSA) is 31.2 Å².